The topological polar surface area (TPSA) is 121 Å². The minimum absolute atomic E-state index is 0.0185. The van der Waals surface area contributed by atoms with Crippen LogP contribution in [0.5, 0.6) is 11.5 Å². The second kappa shape index (κ2) is 9.02. The van der Waals surface area contributed by atoms with E-state index in [0.29, 0.717) is 35.6 Å². The Bertz CT molecular complexity index is 1650. The molecule has 16 heteroatoms. The van der Waals surface area contributed by atoms with Crippen LogP contribution in [0.25, 0.3) is 16.7 Å². The molecule has 2 N–H and O–H groups in total. The summed E-state index contributed by atoms with van der Waals surface area (Å²) in [7, 11) is 3.40. The second-order valence-electron chi connectivity index (χ2n) is 8.57. The van der Waals surface area contributed by atoms with Crippen LogP contribution in [0.3, 0.4) is 0 Å². The molecule has 6 heterocycles. The molecule has 0 spiro atoms. The zero-order chi connectivity index (χ0) is 26.6. The maximum Gasteiger partial charge on any atom is 0.433 e. The van der Waals surface area contributed by atoms with Crippen molar-refractivity contribution in [2.45, 2.75) is 18.6 Å². The largest absolute Gasteiger partial charge is 0.450 e. The number of nitrogens with zero attached hydrogens (tertiary/aromatic N) is 8. The fourth-order valence-corrected chi connectivity index (χ4v) is 4.56. The first kappa shape index (κ1) is 24.2. The number of hydrogen-bond donors (Lipinski definition) is 2. The predicted molar refractivity (Wildman–Crippen MR) is 131 cm³/mol. The highest BCUT2D eigenvalue weighted by Crippen LogP contribution is 2.38. The number of aryl methyl sites for hydroxylation is 1. The number of pyridine rings is 1. The standard InChI is InChI=1S/C22H20ClF3N10O2/c1-27-17-9-35-12(6-28-17)13(8-30-35)38-14-7-29-20-19(18(14)23)34(2)21(32-20)31-16-5-15(22(24,25)26)36(33-16)11-3-4-37-10-11/h5-9,11,27H,3-4,10H2,1-2H3,(H,29,31,32,33). The van der Waals surface area contributed by atoms with Crippen molar-refractivity contribution in [1.29, 1.82) is 0 Å². The highest BCUT2D eigenvalue weighted by Gasteiger charge is 2.38. The summed E-state index contributed by atoms with van der Waals surface area (Å²) in [4.78, 5) is 13.0. The Balaban J connectivity index is 1.32. The highest BCUT2D eigenvalue weighted by atomic mass is 35.5. The van der Waals surface area contributed by atoms with Gasteiger partial charge in [0.15, 0.2) is 23.0 Å². The molecule has 0 bridgehead atoms. The Morgan fingerprint density at radius 2 is 2.00 bits per heavy atom. The summed E-state index contributed by atoms with van der Waals surface area (Å²) in [5, 5.41) is 14.4. The summed E-state index contributed by atoms with van der Waals surface area (Å²) >= 11 is 6.67. The fourth-order valence-electron chi connectivity index (χ4n) is 4.26. The van der Waals surface area contributed by atoms with Crippen LogP contribution in [0.4, 0.5) is 30.8 Å². The third kappa shape index (κ3) is 4.12. The summed E-state index contributed by atoms with van der Waals surface area (Å²) in [5.41, 5.74) is 0.424. The van der Waals surface area contributed by atoms with Gasteiger partial charge in [0.2, 0.25) is 5.95 Å². The van der Waals surface area contributed by atoms with Crippen molar-refractivity contribution in [3.63, 3.8) is 0 Å². The molecule has 0 aromatic carbocycles. The van der Waals surface area contributed by atoms with E-state index in [0.717, 1.165) is 10.7 Å². The van der Waals surface area contributed by atoms with E-state index < -0.39 is 17.9 Å². The van der Waals surface area contributed by atoms with Gasteiger partial charge in [0.1, 0.15) is 27.6 Å². The number of ether oxygens (including phenoxy) is 2. The third-order valence-electron chi connectivity index (χ3n) is 6.17. The minimum atomic E-state index is -4.58. The molecule has 1 atom stereocenters. The first-order chi connectivity index (χ1) is 18.2. The van der Waals surface area contributed by atoms with Gasteiger partial charge in [-0.15, -0.1) is 0 Å². The molecule has 1 unspecified atom stereocenters. The van der Waals surface area contributed by atoms with E-state index >= 15 is 0 Å². The van der Waals surface area contributed by atoms with Crippen LogP contribution >= 0.6 is 11.6 Å². The molecular formula is C22H20ClF3N10O2. The molecule has 0 radical (unpaired) electrons. The van der Waals surface area contributed by atoms with E-state index in [4.69, 9.17) is 21.1 Å². The van der Waals surface area contributed by atoms with Gasteiger partial charge in [-0.05, 0) is 6.42 Å². The molecule has 198 valence electrons. The Morgan fingerprint density at radius 1 is 1.16 bits per heavy atom. The van der Waals surface area contributed by atoms with E-state index in [-0.39, 0.29) is 34.8 Å². The molecular weight excluding hydrogens is 529 g/mol. The summed E-state index contributed by atoms with van der Waals surface area (Å²) in [6.07, 6.45) is 2.11. The Kier molecular flexibility index (Phi) is 5.75. The van der Waals surface area contributed by atoms with E-state index in [1.807, 2.05) is 0 Å². The Labute approximate surface area is 217 Å². The van der Waals surface area contributed by atoms with Crippen molar-refractivity contribution >= 4 is 45.9 Å². The van der Waals surface area contributed by atoms with Crippen molar-refractivity contribution in [1.82, 2.24) is 38.9 Å². The average molecular weight is 549 g/mol. The maximum absolute atomic E-state index is 13.7. The lowest BCUT2D eigenvalue weighted by atomic mass is 10.2. The number of imidazole rings is 1. The number of nitrogens with one attached hydrogen (secondary N) is 2. The number of rotatable bonds is 6. The first-order valence-corrected chi connectivity index (χ1v) is 11.8. The van der Waals surface area contributed by atoms with Crippen LogP contribution in [-0.4, -0.2) is 59.2 Å². The molecule has 1 aliphatic rings. The van der Waals surface area contributed by atoms with Crippen molar-refractivity contribution in [3.05, 3.63) is 41.6 Å². The van der Waals surface area contributed by atoms with Gasteiger partial charge < -0.3 is 24.7 Å². The molecule has 0 aliphatic carbocycles. The highest BCUT2D eigenvalue weighted by molar-refractivity contribution is 6.36. The Morgan fingerprint density at radius 3 is 2.74 bits per heavy atom. The van der Waals surface area contributed by atoms with Crippen LogP contribution < -0.4 is 15.4 Å². The van der Waals surface area contributed by atoms with Crippen LogP contribution in [0.2, 0.25) is 5.02 Å². The van der Waals surface area contributed by atoms with Gasteiger partial charge in [0.25, 0.3) is 0 Å². The molecule has 5 aromatic heterocycles. The Hall–Kier alpha value is -4.11. The predicted octanol–water partition coefficient (Wildman–Crippen LogP) is 4.42. The number of aromatic nitrogens is 8. The molecule has 0 amide bonds. The third-order valence-corrected chi connectivity index (χ3v) is 6.53. The van der Waals surface area contributed by atoms with Gasteiger partial charge in [-0.3, -0.25) is 4.68 Å². The fraction of sp³-hybridized carbons (Fsp3) is 0.318. The smallest absolute Gasteiger partial charge is 0.433 e. The maximum atomic E-state index is 13.7. The molecule has 38 heavy (non-hydrogen) atoms. The normalized spacial score (nSPS) is 16.0. The molecule has 6 rings (SSSR count). The number of fused-ring (bicyclic) bond motifs is 2. The van der Waals surface area contributed by atoms with Crippen LogP contribution in [0.1, 0.15) is 18.2 Å². The van der Waals surface area contributed by atoms with Gasteiger partial charge in [-0.25, -0.2) is 14.5 Å². The van der Waals surface area contributed by atoms with E-state index in [1.54, 1.807) is 35.6 Å². The lowest BCUT2D eigenvalue weighted by Crippen LogP contribution is -2.19. The van der Waals surface area contributed by atoms with Crippen molar-refractivity contribution in [3.8, 4) is 11.5 Å². The molecule has 1 fully saturated rings. The van der Waals surface area contributed by atoms with E-state index in [2.05, 4.69) is 35.8 Å². The van der Waals surface area contributed by atoms with Crippen molar-refractivity contribution in [2.75, 3.05) is 30.9 Å². The zero-order valence-electron chi connectivity index (χ0n) is 20.0. The molecule has 1 aliphatic heterocycles. The number of alkyl halides is 3. The molecule has 0 saturated carbocycles. The zero-order valence-corrected chi connectivity index (χ0v) is 20.7. The van der Waals surface area contributed by atoms with Crippen LogP contribution in [-0.2, 0) is 18.0 Å². The lowest BCUT2D eigenvalue weighted by molar-refractivity contribution is -0.145. The van der Waals surface area contributed by atoms with Gasteiger partial charge in [-0.2, -0.15) is 28.4 Å². The lowest BCUT2D eigenvalue weighted by Gasteiger charge is -2.14. The molecule has 5 aromatic rings. The SMILES string of the molecule is CNc1cn2ncc(Oc3cnc4nc(Nc5cc(C(F)(F)F)n(C6CCOC6)n5)n(C)c4c3Cl)c2cn1. The number of anilines is 3. The van der Waals surface area contributed by atoms with Gasteiger partial charge in [0.05, 0.1) is 37.4 Å². The summed E-state index contributed by atoms with van der Waals surface area (Å²) in [6.45, 7) is 0.547. The summed E-state index contributed by atoms with van der Waals surface area (Å²) in [5.74, 6) is 1.46. The summed E-state index contributed by atoms with van der Waals surface area (Å²) in [6, 6.07) is 0.443. The van der Waals surface area contributed by atoms with E-state index in [9.17, 15) is 13.2 Å². The van der Waals surface area contributed by atoms with Gasteiger partial charge in [-0.1, -0.05) is 11.6 Å². The summed E-state index contributed by atoms with van der Waals surface area (Å²) < 4.78 is 56.4. The quantitative estimate of drug-likeness (QED) is 0.317. The first-order valence-electron chi connectivity index (χ1n) is 11.4. The van der Waals surface area contributed by atoms with Gasteiger partial charge in [0, 0.05) is 26.8 Å². The van der Waals surface area contributed by atoms with Gasteiger partial charge >= 0.3 is 6.18 Å². The average Bonchev–Trinajstić information content (AvgIpc) is 3.67. The van der Waals surface area contributed by atoms with Crippen LogP contribution in [0, 0.1) is 0 Å². The number of hydrogen-bond acceptors (Lipinski definition) is 9. The number of halogens is 4. The van der Waals surface area contributed by atoms with E-state index in [1.165, 1.54) is 12.4 Å². The molecule has 1 saturated heterocycles. The van der Waals surface area contributed by atoms with Crippen LogP contribution in [0.15, 0.2) is 30.9 Å². The minimum Gasteiger partial charge on any atom is -0.450 e. The molecule has 12 nitrogen and oxygen atoms in total. The van der Waals surface area contributed by atoms with Crippen molar-refractivity contribution < 1.29 is 22.6 Å². The monoisotopic (exact) mass is 548 g/mol. The second-order valence-corrected chi connectivity index (χ2v) is 8.94. The van der Waals surface area contributed by atoms with Crippen molar-refractivity contribution in [2.24, 2.45) is 7.05 Å².